The van der Waals surface area contributed by atoms with E-state index in [1.165, 1.54) is 0 Å². The number of fused-ring (bicyclic) bond motifs is 1. The van der Waals surface area contributed by atoms with Crippen LogP contribution in [0.15, 0.2) is 36.5 Å². The second kappa shape index (κ2) is 7.18. The van der Waals surface area contributed by atoms with Gasteiger partial charge in [-0.25, -0.2) is 4.98 Å². The molecule has 24 heavy (non-hydrogen) atoms. The third-order valence-electron chi connectivity index (χ3n) is 3.60. The molecule has 0 fully saturated rings. The predicted molar refractivity (Wildman–Crippen MR) is 94.2 cm³/mol. The van der Waals surface area contributed by atoms with Crippen molar-refractivity contribution >= 4 is 23.0 Å². The van der Waals surface area contributed by atoms with Gasteiger partial charge in [0.1, 0.15) is 17.4 Å². The summed E-state index contributed by atoms with van der Waals surface area (Å²) in [6.45, 7) is 5.06. The Morgan fingerprint density at radius 2 is 2.00 bits per heavy atom. The third kappa shape index (κ3) is 3.26. The molecule has 0 saturated heterocycles. The lowest BCUT2D eigenvalue weighted by atomic mass is 10.2. The number of nitrogens with zero attached hydrogens (tertiary/aromatic N) is 3. The van der Waals surface area contributed by atoms with Crippen molar-refractivity contribution in [3.05, 3.63) is 42.1 Å². The largest absolute Gasteiger partial charge is 0.494 e. The van der Waals surface area contributed by atoms with Crippen LogP contribution in [-0.4, -0.2) is 39.5 Å². The van der Waals surface area contributed by atoms with Crippen molar-refractivity contribution in [1.82, 2.24) is 14.6 Å². The summed E-state index contributed by atoms with van der Waals surface area (Å²) >= 11 is 0. The van der Waals surface area contributed by atoms with E-state index in [0.29, 0.717) is 13.2 Å². The van der Waals surface area contributed by atoms with Crippen LogP contribution in [0.25, 0.3) is 5.65 Å². The molecule has 3 N–H and O–H groups in total. The summed E-state index contributed by atoms with van der Waals surface area (Å²) in [4.78, 5) is 4.53. The predicted octanol–water partition coefficient (Wildman–Crippen LogP) is 2.58. The molecule has 126 valence electrons. The van der Waals surface area contributed by atoms with Crippen LogP contribution < -0.4 is 15.4 Å². The molecular weight excluding hydrogens is 306 g/mol. The first-order chi connectivity index (χ1) is 11.7. The Bertz CT molecular complexity index is 814. The molecule has 0 unspecified atom stereocenters. The summed E-state index contributed by atoms with van der Waals surface area (Å²) in [6.07, 6.45) is 1.71. The highest BCUT2D eigenvalue weighted by molar-refractivity contribution is 5.69. The maximum atomic E-state index is 9.03. The van der Waals surface area contributed by atoms with Crippen LogP contribution in [0.5, 0.6) is 5.75 Å². The number of ether oxygens (including phenoxy) is 1. The third-order valence-corrected chi connectivity index (χ3v) is 3.60. The average Bonchev–Trinajstić information content (AvgIpc) is 3.06. The van der Waals surface area contributed by atoms with Gasteiger partial charge in [0.15, 0.2) is 5.65 Å². The van der Waals surface area contributed by atoms with Crippen molar-refractivity contribution in [3.8, 4) is 5.75 Å². The monoisotopic (exact) mass is 327 g/mol. The van der Waals surface area contributed by atoms with E-state index in [0.717, 1.165) is 34.3 Å². The quantitative estimate of drug-likeness (QED) is 0.618. The van der Waals surface area contributed by atoms with Crippen molar-refractivity contribution in [3.63, 3.8) is 0 Å². The Labute approximate surface area is 140 Å². The molecule has 1 aromatic carbocycles. The van der Waals surface area contributed by atoms with Crippen LogP contribution in [0.4, 0.5) is 17.3 Å². The zero-order chi connectivity index (χ0) is 16.9. The maximum absolute atomic E-state index is 9.03. The number of hydrogen-bond acceptors (Lipinski definition) is 6. The standard InChI is InChI=1S/C17H21N5O2/c1-3-24-14-6-4-13(5-7-14)20-17-12(2)16(18-10-11-23)21-15-8-9-19-22(15)17/h4-9,20,23H,3,10-11H2,1-2H3,(H,18,21). The Morgan fingerprint density at radius 1 is 1.21 bits per heavy atom. The van der Waals surface area contributed by atoms with E-state index in [9.17, 15) is 0 Å². The minimum Gasteiger partial charge on any atom is -0.494 e. The lowest BCUT2D eigenvalue weighted by Gasteiger charge is -2.15. The Balaban J connectivity index is 1.94. The summed E-state index contributed by atoms with van der Waals surface area (Å²) in [5.41, 5.74) is 2.58. The molecule has 0 amide bonds. The summed E-state index contributed by atoms with van der Waals surface area (Å²) in [5, 5.41) is 19.9. The highest BCUT2D eigenvalue weighted by atomic mass is 16.5. The number of rotatable bonds is 7. The van der Waals surface area contributed by atoms with Crippen molar-refractivity contribution in [2.45, 2.75) is 13.8 Å². The molecular formula is C17H21N5O2. The van der Waals surface area contributed by atoms with Crippen LogP contribution in [0.1, 0.15) is 12.5 Å². The van der Waals surface area contributed by atoms with E-state index < -0.39 is 0 Å². The number of nitrogens with one attached hydrogen (secondary N) is 2. The van der Waals surface area contributed by atoms with Crippen LogP contribution in [0.2, 0.25) is 0 Å². The summed E-state index contributed by atoms with van der Waals surface area (Å²) in [6, 6.07) is 9.61. The minimum absolute atomic E-state index is 0.0488. The number of anilines is 3. The van der Waals surface area contributed by atoms with Gasteiger partial charge in [-0.05, 0) is 38.1 Å². The van der Waals surface area contributed by atoms with E-state index in [4.69, 9.17) is 9.84 Å². The zero-order valence-electron chi connectivity index (χ0n) is 13.8. The molecule has 0 aliphatic heterocycles. The van der Waals surface area contributed by atoms with Gasteiger partial charge in [-0.3, -0.25) is 0 Å². The molecule has 0 atom stereocenters. The van der Waals surface area contributed by atoms with Gasteiger partial charge in [-0.1, -0.05) is 0 Å². The first-order valence-corrected chi connectivity index (χ1v) is 7.92. The summed E-state index contributed by atoms with van der Waals surface area (Å²) < 4.78 is 7.23. The topological polar surface area (TPSA) is 83.7 Å². The summed E-state index contributed by atoms with van der Waals surface area (Å²) in [5.74, 6) is 2.39. The lowest BCUT2D eigenvalue weighted by molar-refractivity contribution is 0.311. The first-order valence-electron chi connectivity index (χ1n) is 7.92. The molecule has 0 aliphatic rings. The first kappa shape index (κ1) is 16.1. The molecule has 0 spiro atoms. The zero-order valence-corrected chi connectivity index (χ0v) is 13.8. The molecule has 2 heterocycles. The lowest BCUT2D eigenvalue weighted by Crippen LogP contribution is -2.12. The molecule has 0 radical (unpaired) electrons. The van der Waals surface area contributed by atoms with Crippen LogP contribution in [-0.2, 0) is 0 Å². The maximum Gasteiger partial charge on any atom is 0.159 e. The van der Waals surface area contributed by atoms with E-state index in [2.05, 4.69) is 20.7 Å². The van der Waals surface area contributed by atoms with Crippen LogP contribution >= 0.6 is 0 Å². The van der Waals surface area contributed by atoms with E-state index >= 15 is 0 Å². The minimum atomic E-state index is 0.0488. The van der Waals surface area contributed by atoms with Gasteiger partial charge >= 0.3 is 0 Å². The second-order valence-corrected chi connectivity index (χ2v) is 5.27. The molecule has 0 aliphatic carbocycles. The van der Waals surface area contributed by atoms with Gasteiger partial charge in [-0.15, -0.1) is 0 Å². The van der Waals surface area contributed by atoms with Crippen LogP contribution in [0.3, 0.4) is 0 Å². The van der Waals surface area contributed by atoms with Gasteiger partial charge < -0.3 is 20.5 Å². The molecule has 2 aromatic heterocycles. The van der Waals surface area contributed by atoms with E-state index in [-0.39, 0.29) is 6.61 Å². The molecule has 7 heteroatoms. The Morgan fingerprint density at radius 3 is 2.71 bits per heavy atom. The number of hydrogen-bond donors (Lipinski definition) is 3. The fourth-order valence-electron chi connectivity index (χ4n) is 2.45. The molecule has 3 aromatic rings. The van der Waals surface area contributed by atoms with E-state index in [1.807, 2.05) is 44.2 Å². The highest BCUT2D eigenvalue weighted by Gasteiger charge is 2.12. The second-order valence-electron chi connectivity index (χ2n) is 5.27. The normalized spacial score (nSPS) is 10.8. The van der Waals surface area contributed by atoms with Crippen molar-refractivity contribution in [2.24, 2.45) is 0 Å². The van der Waals surface area contributed by atoms with Gasteiger partial charge in [0.2, 0.25) is 0 Å². The van der Waals surface area contributed by atoms with Crippen molar-refractivity contribution in [2.75, 3.05) is 30.4 Å². The molecule has 0 bridgehead atoms. The Kier molecular flexibility index (Phi) is 4.81. The van der Waals surface area contributed by atoms with Crippen molar-refractivity contribution < 1.29 is 9.84 Å². The summed E-state index contributed by atoms with van der Waals surface area (Å²) in [7, 11) is 0. The molecule has 7 nitrogen and oxygen atoms in total. The number of aromatic nitrogens is 3. The smallest absolute Gasteiger partial charge is 0.159 e. The molecule has 0 saturated carbocycles. The number of aliphatic hydroxyl groups excluding tert-OH is 1. The van der Waals surface area contributed by atoms with Gasteiger partial charge in [0.05, 0.1) is 19.4 Å². The van der Waals surface area contributed by atoms with Crippen molar-refractivity contribution in [1.29, 1.82) is 0 Å². The SMILES string of the molecule is CCOc1ccc(Nc2c(C)c(NCCO)nc3ccnn23)cc1. The number of aliphatic hydroxyl groups is 1. The fraction of sp³-hybridized carbons (Fsp3) is 0.294. The van der Waals surface area contributed by atoms with Gasteiger partial charge in [0, 0.05) is 23.9 Å². The van der Waals surface area contributed by atoms with Gasteiger partial charge in [-0.2, -0.15) is 9.61 Å². The van der Waals surface area contributed by atoms with Gasteiger partial charge in [0.25, 0.3) is 0 Å². The highest BCUT2D eigenvalue weighted by Crippen LogP contribution is 2.27. The number of benzene rings is 1. The fourth-order valence-corrected chi connectivity index (χ4v) is 2.45. The Hall–Kier alpha value is -2.80. The molecule has 3 rings (SSSR count). The van der Waals surface area contributed by atoms with E-state index in [1.54, 1.807) is 10.7 Å². The average molecular weight is 327 g/mol. The van der Waals surface area contributed by atoms with Crippen LogP contribution in [0, 0.1) is 6.92 Å².